The molecule has 0 saturated heterocycles. The highest BCUT2D eigenvalue weighted by Gasteiger charge is 2.07. The minimum absolute atomic E-state index is 0.320. The first-order valence-corrected chi connectivity index (χ1v) is 5.66. The molecule has 0 atom stereocenters. The Morgan fingerprint density at radius 3 is 2.87 bits per heavy atom. The third kappa shape index (κ3) is 3.10. The zero-order chi connectivity index (χ0) is 11.3. The quantitative estimate of drug-likeness (QED) is 0.660. The highest BCUT2D eigenvalue weighted by Crippen LogP contribution is 2.12. The number of carbonyl (C=O) groups is 1. The summed E-state index contributed by atoms with van der Waals surface area (Å²) in [6.07, 6.45) is 0.761. The molecule has 3 heteroatoms. The molecule has 1 N–H and O–H groups in total. The molecule has 0 aliphatic carbocycles. The zero-order valence-electron chi connectivity index (χ0n) is 8.38. The van der Waals surface area contributed by atoms with Crippen LogP contribution in [-0.2, 0) is 0 Å². The lowest BCUT2D eigenvalue weighted by atomic mass is 10.0. The summed E-state index contributed by atoms with van der Waals surface area (Å²) in [5, 5.41) is 9.74. The zero-order valence-corrected chi connectivity index (χ0v) is 9.97. The van der Waals surface area contributed by atoms with Gasteiger partial charge in [-0.3, -0.25) is 0 Å². The van der Waals surface area contributed by atoms with E-state index in [-0.39, 0.29) is 0 Å². The predicted octanol–water partition coefficient (Wildman–Crippen LogP) is 2.83. The van der Waals surface area contributed by atoms with Gasteiger partial charge in [0.1, 0.15) is 0 Å². The van der Waals surface area contributed by atoms with E-state index in [1.807, 2.05) is 6.07 Å². The Balaban J connectivity index is 3.06. The summed E-state index contributed by atoms with van der Waals surface area (Å²) in [4.78, 5) is 10.8. The molecule has 0 heterocycles. The third-order valence-corrected chi connectivity index (χ3v) is 2.40. The number of hydrogen-bond acceptors (Lipinski definition) is 1. The summed E-state index contributed by atoms with van der Waals surface area (Å²) in [5.41, 5.74) is 1.84. The first kappa shape index (κ1) is 11.8. The Labute approximate surface area is 97.4 Å². The summed E-state index contributed by atoms with van der Waals surface area (Å²) < 4.78 is 0. The summed E-state index contributed by atoms with van der Waals surface area (Å²) in [6, 6.07) is 5.14. The molecule has 0 spiro atoms. The van der Waals surface area contributed by atoms with Crippen LogP contribution in [0.1, 0.15) is 27.9 Å². The number of carboxylic acids is 1. The normalized spacial score (nSPS) is 9.20. The largest absolute Gasteiger partial charge is 0.478 e. The topological polar surface area (TPSA) is 37.3 Å². The van der Waals surface area contributed by atoms with Gasteiger partial charge in [0.15, 0.2) is 0 Å². The maximum atomic E-state index is 10.8. The smallest absolute Gasteiger partial charge is 0.335 e. The molecule has 0 fully saturated rings. The average molecular weight is 267 g/mol. The van der Waals surface area contributed by atoms with Gasteiger partial charge in [-0.25, -0.2) is 4.79 Å². The SMILES string of the molecule is Cc1c(C#CCCBr)cccc1C(=O)O. The first-order valence-electron chi connectivity index (χ1n) is 4.54. The Kier molecular flexibility index (Phi) is 4.38. The summed E-state index contributed by atoms with van der Waals surface area (Å²) in [6.45, 7) is 1.78. The van der Waals surface area contributed by atoms with Gasteiger partial charge in [0.05, 0.1) is 5.56 Å². The lowest BCUT2D eigenvalue weighted by Gasteiger charge is -2.02. The lowest BCUT2D eigenvalue weighted by molar-refractivity contribution is 0.0696. The molecule has 15 heavy (non-hydrogen) atoms. The van der Waals surface area contributed by atoms with Crippen molar-refractivity contribution >= 4 is 21.9 Å². The van der Waals surface area contributed by atoms with Gasteiger partial charge in [0.2, 0.25) is 0 Å². The van der Waals surface area contributed by atoms with Crippen LogP contribution < -0.4 is 0 Å². The first-order chi connectivity index (χ1) is 7.16. The van der Waals surface area contributed by atoms with Crippen LogP contribution in [0.25, 0.3) is 0 Å². The van der Waals surface area contributed by atoms with Crippen LogP contribution in [0.4, 0.5) is 0 Å². The van der Waals surface area contributed by atoms with Crippen LogP contribution >= 0.6 is 15.9 Å². The van der Waals surface area contributed by atoms with Gasteiger partial charge in [-0.1, -0.05) is 33.8 Å². The Morgan fingerprint density at radius 2 is 2.27 bits per heavy atom. The third-order valence-electron chi connectivity index (χ3n) is 2.01. The number of rotatable bonds is 2. The number of halogens is 1. The molecular formula is C12H11BrO2. The molecule has 0 aromatic heterocycles. The highest BCUT2D eigenvalue weighted by atomic mass is 79.9. The van der Waals surface area contributed by atoms with Crippen molar-refractivity contribution in [2.75, 3.05) is 5.33 Å². The number of alkyl halides is 1. The standard InChI is InChI=1S/C12H11BrO2/c1-9-10(5-2-3-8-13)6-4-7-11(9)12(14)15/h4,6-7H,3,8H2,1H3,(H,14,15). The molecule has 0 bridgehead atoms. The summed E-state index contributed by atoms with van der Waals surface area (Å²) in [7, 11) is 0. The van der Waals surface area contributed by atoms with Crippen molar-refractivity contribution in [2.24, 2.45) is 0 Å². The van der Waals surface area contributed by atoms with Crippen LogP contribution in [-0.4, -0.2) is 16.4 Å². The van der Waals surface area contributed by atoms with E-state index in [1.54, 1.807) is 19.1 Å². The van der Waals surface area contributed by atoms with E-state index in [0.717, 1.165) is 22.9 Å². The van der Waals surface area contributed by atoms with Crippen LogP contribution in [0, 0.1) is 18.8 Å². The van der Waals surface area contributed by atoms with Crippen molar-refractivity contribution in [1.82, 2.24) is 0 Å². The molecule has 0 aliphatic rings. The second-order valence-electron chi connectivity index (χ2n) is 3.02. The van der Waals surface area contributed by atoms with E-state index >= 15 is 0 Å². The molecule has 1 aromatic carbocycles. The minimum Gasteiger partial charge on any atom is -0.478 e. The van der Waals surface area contributed by atoms with Gasteiger partial charge in [0, 0.05) is 17.3 Å². The molecule has 0 unspecified atom stereocenters. The van der Waals surface area contributed by atoms with Crippen LogP contribution in [0.2, 0.25) is 0 Å². The molecule has 0 amide bonds. The van der Waals surface area contributed by atoms with Crippen molar-refractivity contribution in [2.45, 2.75) is 13.3 Å². The van der Waals surface area contributed by atoms with E-state index in [0.29, 0.717) is 5.56 Å². The average Bonchev–Trinajstić information content (AvgIpc) is 2.20. The maximum absolute atomic E-state index is 10.8. The summed E-state index contributed by atoms with van der Waals surface area (Å²) in [5.74, 6) is 5.03. The fourth-order valence-electron chi connectivity index (χ4n) is 1.21. The monoisotopic (exact) mass is 266 g/mol. The second-order valence-corrected chi connectivity index (χ2v) is 3.82. The molecule has 1 aromatic rings. The van der Waals surface area contributed by atoms with Crippen LogP contribution in [0.3, 0.4) is 0 Å². The molecule has 0 radical (unpaired) electrons. The predicted molar refractivity (Wildman–Crippen MR) is 63.4 cm³/mol. The number of benzene rings is 1. The molecule has 78 valence electrons. The van der Waals surface area contributed by atoms with Gasteiger partial charge in [-0.05, 0) is 24.6 Å². The van der Waals surface area contributed by atoms with Crippen molar-refractivity contribution in [3.05, 3.63) is 34.9 Å². The van der Waals surface area contributed by atoms with E-state index in [2.05, 4.69) is 27.8 Å². The van der Waals surface area contributed by atoms with Crippen molar-refractivity contribution in [3.63, 3.8) is 0 Å². The van der Waals surface area contributed by atoms with E-state index in [1.165, 1.54) is 0 Å². The van der Waals surface area contributed by atoms with E-state index in [9.17, 15) is 4.79 Å². The van der Waals surface area contributed by atoms with E-state index < -0.39 is 5.97 Å². The van der Waals surface area contributed by atoms with Crippen LogP contribution in [0.5, 0.6) is 0 Å². The summed E-state index contributed by atoms with van der Waals surface area (Å²) >= 11 is 3.28. The van der Waals surface area contributed by atoms with Gasteiger partial charge in [-0.2, -0.15) is 0 Å². The molecule has 0 aliphatic heterocycles. The highest BCUT2D eigenvalue weighted by molar-refractivity contribution is 9.09. The number of aromatic carboxylic acids is 1. The van der Waals surface area contributed by atoms with E-state index in [4.69, 9.17) is 5.11 Å². The molecule has 1 rings (SSSR count). The van der Waals surface area contributed by atoms with Gasteiger partial charge in [0.25, 0.3) is 0 Å². The van der Waals surface area contributed by atoms with Crippen LogP contribution in [0.15, 0.2) is 18.2 Å². The van der Waals surface area contributed by atoms with Crippen molar-refractivity contribution in [1.29, 1.82) is 0 Å². The Bertz CT molecular complexity index is 427. The number of carboxylic acid groups (broad SMARTS) is 1. The lowest BCUT2D eigenvalue weighted by Crippen LogP contribution is -2.00. The van der Waals surface area contributed by atoms with Crippen molar-refractivity contribution in [3.8, 4) is 11.8 Å². The maximum Gasteiger partial charge on any atom is 0.335 e. The Morgan fingerprint density at radius 1 is 1.53 bits per heavy atom. The fraction of sp³-hybridized carbons (Fsp3) is 0.250. The second kappa shape index (κ2) is 5.57. The van der Waals surface area contributed by atoms with Gasteiger partial charge < -0.3 is 5.11 Å². The Hall–Kier alpha value is -1.27. The van der Waals surface area contributed by atoms with Gasteiger partial charge in [-0.15, -0.1) is 0 Å². The van der Waals surface area contributed by atoms with Gasteiger partial charge >= 0.3 is 5.97 Å². The minimum atomic E-state index is -0.906. The number of hydrogen-bond donors (Lipinski definition) is 1. The molecule has 2 nitrogen and oxygen atoms in total. The molecule has 0 saturated carbocycles. The van der Waals surface area contributed by atoms with Crippen molar-refractivity contribution < 1.29 is 9.90 Å². The fourth-order valence-corrected chi connectivity index (χ4v) is 1.41. The molecular weight excluding hydrogens is 256 g/mol.